The van der Waals surface area contributed by atoms with Gasteiger partial charge in [0.25, 0.3) is 0 Å². The van der Waals surface area contributed by atoms with Gasteiger partial charge in [-0.05, 0) is 26.9 Å². The molecular formula is C13H23N5O. The van der Waals surface area contributed by atoms with E-state index in [9.17, 15) is 4.79 Å². The van der Waals surface area contributed by atoms with Crippen molar-refractivity contribution in [1.82, 2.24) is 24.7 Å². The van der Waals surface area contributed by atoms with E-state index in [1.807, 2.05) is 15.7 Å². The number of hydrogen-bond donors (Lipinski definition) is 1. The van der Waals surface area contributed by atoms with E-state index in [2.05, 4.69) is 29.3 Å². The van der Waals surface area contributed by atoms with Gasteiger partial charge in [0.1, 0.15) is 0 Å². The van der Waals surface area contributed by atoms with Gasteiger partial charge in [-0.25, -0.2) is 9.78 Å². The van der Waals surface area contributed by atoms with Crippen LogP contribution in [0.1, 0.15) is 12.8 Å². The number of urea groups is 1. The van der Waals surface area contributed by atoms with E-state index < -0.39 is 0 Å². The Hall–Kier alpha value is -1.56. The molecule has 0 aliphatic carbocycles. The van der Waals surface area contributed by atoms with Crippen LogP contribution in [0.3, 0.4) is 0 Å². The van der Waals surface area contributed by atoms with Crippen molar-refractivity contribution in [3.63, 3.8) is 0 Å². The van der Waals surface area contributed by atoms with E-state index in [0.29, 0.717) is 12.6 Å². The van der Waals surface area contributed by atoms with E-state index in [4.69, 9.17) is 0 Å². The predicted molar refractivity (Wildman–Crippen MR) is 73.9 cm³/mol. The van der Waals surface area contributed by atoms with Crippen molar-refractivity contribution in [3.05, 3.63) is 18.7 Å². The second-order valence-electron chi connectivity index (χ2n) is 5.24. The van der Waals surface area contributed by atoms with Crippen molar-refractivity contribution < 1.29 is 4.79 Å². The predicted octanol–water partition coefficient (Wildman–Crippen LogP) is 0.619. The molecule has 1 fully saturated rings. The van der Waals surface area contributed by atoms with Gasteiger partial charge >= 0.3 is 6.03 Å². The Morgan fingerprint density at radius 3 is 3.05 bits per heavy atom. The van der Waals surface area contributed by atoms with Gasteiger partial charge in [-0.1, -0.05) is 0 Å². The number of rotatable bonds is 4. The Morgan fingerprint density at radius 1 is 1.53 bits per heavy atom. The molecule has 106 valence electrons. The van der Waals surface area contributed by atoms with Crippen molar-refractivity contribution in [2.24, 2.45) is 0 Å². The van der Waals surface area contributed by atoms with Crippen molar-refractivity contribution in [2.75, 3.05) is 33.7 Å². The average Bonchev–Trinajstić information content (AvgIpc) is 2.92. The number of nitrogens with zero attached hydrogens (tertiary/aromatic N) is 4. The summed E-state index contributed by atoms with van der Waals surface area (Å²) >= 11 is 0. The summed E-state index contributed by atoms with van der Waals surface area (Å²) in [4.78, 5) is 20.2. The summed E-state index contributed by atoms with van der Waals surface area (Å²) < 4.78 is 1.96. The Kier molecular flexibility index (Phi) is 4.79. The minimum Gasteiger partial charge on any atom is -0.336 e. The monoisotopic (exact) mass is 265 g/mol. The smallest absolute Gasteiger partial charge is 0.317 e. The zero-order chi connectivity index (χ0) is 13.7. The zero-order valence-corrected chi connectivity index (χ0v) is 11.7. The molecule has 0 radical (unpaired) electrons. The molecule has 1 atom stereocenters. The molecule has 1 aromatic heterocycles. The molecule has 0 saturated carbocycles. The lowest BCUT2D eigenvalue weighted by Crippen LogP contribution is -2.51. The van der Waals surface area contributed by atoms with Crippen LogP contribution in [-0.4, -0.2) is 65.2 Å². The van der Waals surface area contributed by atoms with Gasteiger partial charge in [-0.3, -0.25) is 0 Å². The molecule has 1 unspecified atom stereocenters. The van der Waals surface area contributed by atoms with E-state index in [1.54, 1.807) is 12.5 Å². The molecule has 2 rings (SSSR count). The number of carbonyl (C=O) groups is 1. The molecule has 0 bridgehead atoms. The first-order valence-electron chi connectivity index (χ1n) is 6.82. The van der Waals surface area contributed by atoms with Crippen LogP contribution in [0.15, 0.2) is 18.7 Å². The standard InChI is InChI=1S/C13H23N5O/c1-16(2)12-4-3-7-18(10-12)13(19)15-6-9-17-8-5-14-11-17/h5,8,11-12H,3-4,6-7,9-10H2,1-2H3,(H,15,19). The maximum Gasteiger partial charge on any atom is 0.317 e. The number of likely N-dealkylation sites (N-methyl/N-ethyl adjacent to an activating group) is 1. The Morgan fingerprint density at radius 2 is 2.37 bits per heavy atom. The largest absolute Gasteiger partial charge is 0.336 e. The summed E-state index contributed by atoms with van der Waals surface area (Å²) in [5.41, 5.74) is 0. The van der Waals surface area contributed by atoms with Crippen molar-refractivity contribution in [2.45, 2.75) is 25.4 Å². The molecule has 6 nitrogen and oxygen atoms in total. The van der Waals surface area contributed by atoms with Crippen LogP contribution in [0.5, 0.6) is 0 Å². The van der Waals surface area contributed by atoms with Crippen LogP contribution in [0.2, 0.25) is 0 Å². The van der Waals surface area contributed by atoms with E-state index in [0.717, 1.165) is 26.1 Å². The van der Waals surface area contributed by atoms with Gasteiger partial charge < -0.3 is 19.7 Å². The lowest BCUT2D eigenvalue weighted by Gasteiger charge is -2.36. The number of piperidine rings is 1. The fourth-order valence-electron chi connectivity index (χ4n) is 2.38. The van der Waals surface area contributed by atoms with Crippen molar-refractivity contribution >= 4 is 6.03 Å². The van der Waals surface area contributed by atoms with Gasteiger partial charge in [-0.15, -0.1) is 0 Å². The summed E-state index contributed by atoms with van der Waals surface area (Å²) in [6.07, 6.45) is 7.65. The number of nitrogens with one attached hydrogen (secondary N) is 1. The third-order valence-corrected chi connectivity index (χ3v) is 3.62. The first-order chi connectivity index (χ1) is 9.16. The fourth-order valence-corrected chi connectivity index (χ4v) is 2.38. The number of carbonyl (C=O) groups excluding carboxylic acids is 1. The Balaban J connectivity index is 1.73. The van der Waals surface area contributed by atoms with E-state index in [-0.39, 0.29) is 6.03 Å². The maximum absolute atomic E-state index is 12.1. The summed E-state index contributed by atoms with van der Waals surface area (Å²) in [7, 11) is 4.15. The van der Waals surface area contributed by atoms with Crippen molar-refractivity contribution in [3.8, 4) is 0 Å². The third kappa shape index (κ3) is 3.96. The normalized spacial score (nSPS) is 19.7. The number of amides is 2. The highest BCUT2D eigenvalue weighted by Crippen LogP contribution is 2.13. The number of hydrogen-bond acceptors (Lipinski definition) is 3. The highest BCUT2D eigenvalue weighted by molar-refractivity contribution is 5.74. The van der Waals surface area contributed by atoms with E-state index in [1.165, 1.54) is 6.42 Å². The summed E-state index contributed by atoms with van der Waals surface area (Å²) in [6.45, 7) is 3.08. The quantitative estimate of drug-likeness (QED) is 0.868. The van der Waals surface area contributed by atoms with E-state index >= 15 is 0 Å². The van der Waals surface area contributed by atoms with Crippen LogP contribution >= 0.6 is 0 Å². The lowest BCUT2D eigenvalue weighted by molar-refractivity contribution is 0.140. The van der Waals surface area contributed by atoms with Crippen LogP contribution in [0.25, 0.3) is 0 Å². The van der Waals surface area contributed by atoms with Crippen molar-refractivity contribution in [1.29, 1.82) is 0 Å². The molecule has 0 spiro atoms. The van der Waals surface area contributed by atoms with Gasteiger partial charge in [0.05, 0.1) is 6.33 Å². The Labute approximate surface area is 114 Å². The minimum absolute atomic E-state index is 0.0478. The molecule has 1 saturated heterocycles. The van der Waals surface area contributed by atoms with Crippen LogP contribution in [0.4, 0.5) is 4.79 Å². The highest BCUT2D eigenvalue weighted by Gasteiger charge is 2.24. The first-order valence-corrected chi connectivity index (χ1v) is 6.82. The average molecular weight is 265 g/mol. The summed E-state index contributed by atoms with van der Waals surface area (Å²) in [6, 6.07) is 0.528. The highest BCUT2D eigenvalue weighted by atomic mass is 16.2. The third-order valence-electron chi connectivity index (χ3n) is 3.62. The molecule has 2 amide bonds. The molecular weight excluding hydrogens is 242 g/mol. The summed E-state index contributed by atoms with van der Waals surface area (Å²) in [5, 5.41) is 2.97. The number of imidazole rings is 1. The lowest BCUT2D eigenvalue weighted by atomic mass is 10.1. The van der Waals surface area contributed by atoms with Crippen LogP contribution in [-0.2, 0) is 6.54 Å². The summed E-state index contributed by atoms with van der Waals surface area (Å²) in [5.74, 6) is 0. The second kappa shape index (κ2) is 6.56. The molecule has 2 heterocycles. The molecule has 1 aliphatic rings. The van der Waals surface area contributed by atoms with Crippen LogP contribution < -0.4 is 5.32 Å². The molecule has 1 aromatic rings. The molecule has 0 aromatic carbocycles. The second-order valence-corrected chi connectivity index (χ2v) is 5.24. The SMILES string of the molecule is CN(C)C1CCCN(C(=O)NCCn2ccnc2)C1. The number of aromatic nitrogens is 2. The van der Waals surface area contributed by atoms with Crippen LogP contribution in [0, 0.1) is 0 Å². The molecule has 1 aliphatic heterocycles. The van der Waals surface area contributed by atoms with Gasteiger partial charge in [0, 0.05) is 44.6 Å². The van der Waals surface area contributed by atoms with Gasteiger partial charge in [0.15, 0.2) is 0 Å². The minimum atomic E-state index is 0.0478. The molecule has 1 N–H and O–H groups in total. The fraction of sp³-hybridized carbons (Fsp3) is 0.692. The van der Waals surface area contributed by atoms with Gasteiger partial charge in [-0.2, -0.15) is 0 Å². The number of likely N-dealkylation sites (tertiary alicyclic amines) is 1. The Bertz CT molecular complexity index is 390. The zero-order valence-electron chi connectivity index (χ0n) is 11.7. The first kappa shape index (κ1) is 13.9. The topological polar surface area (TPSA) is 53.4 Å². The maximum atomic E-state index is 12.1. The van der Waals surface area contributed by atoms with Gasteiger partial charge in [0.2, 0.25) is 0 Å². The molecule has 19 heavy (non-hydrogen) atoms. The molecule has 6 heteroatoms.